The SMILES string of the molecule is Cc1cnc(N(C)Cc2cc(N)ccc2Cl)c(Br)c1. The number of pyridine rings is 1. The highest BCUT2D eigenvalue weighted by Crippen LogP contribution is 2.27. The molecule has 5 heteroatoms. The Morgan fingerprint density at radius 3 is 2.79 bits per heavy atom. The van der Waals surface area contributed by atoms with Crippen molar-refractivity contribution < 1.29 is 0 Å². The van der Waals surface area contributed by atoms with Gasteiger partial charge in [0.1, 0.15) is 5.82 Å². The number of hydrogen-bond donors (Lipinski definition) is 1. The highest BCUT2D eigenvalue weighted by atomic mass is 79.9. The van der Waals surface area contributed by atoms with Gasteiger partial charge in [0.25, 0.3) is 0 Å². The number of nitrogens with two attached hydrogens (primary N) is 1. The van der Waals surface area contributed by atoms with E-state index in [1.165, 1.54) is 0 Å². The molecular weight excluding hydrogens is 326 g/mol. The molecule has 0 fully saturated rings. The summed E-state index contributed by atoms with van der Waals surface area (Å²) >= 11 is 9.71. The third-order valence-corrected chi connectivity index (χ3v) is 3.75. The molecule has 0 aliphatic rings. The molecule has 0 unspecified atom stereocenters. The van der Waals surface area contributed by atoms with Crippen molar-refractivity contribution in [3.05, 3.63) is 51.1 Å². The summed E-state index contributed by atoms with van der Waals surface area (Å²) in [6.45, 7) is 2.66. The molecule has 0 saturated heterocycles. The number of rotatable bonds is 3. The average molecular weight is 341 g/mol. The topological polar surface area (TPSA) is 42.2 Å². The molecule has 1 heterocycles. The van der Waals surface area contributed by atoms with Crippen LogP contribution in [0.5, 0.6) is 0 Å². The van der Waals surface area contributed by atoms with E-state index in [0.29, 0.717) is 17.3 Å². The number of hydrogen-bond acceptors (Lipinski definition) is 3. The summed E-state index contributed by atoms with van der Waals surface area (Å²) in [6, 6.07) is 7.55. The minimum atomic E-state index is 0.651. The second kappa shape index (κ2) is 5.80. The monoisotopic (exact) mass is 339 g/mol. The molecule has 0 bridgehead atoms. The number of nitrogens with zero attached hydrogens (tertiary/aromatic N) is 2. The van der Waals surface area contributed by atoms with Crippen LogP contribution in [0.3, 0.4) is 0 Å². The first-order valence-electron chi connectivity index (χ1n) is 5.84. The molecule has 2 aromatic rings. The summed E-state index contributed by atoms with van der Waals surface area (Å²) < 4.78 is 0.968. The predicted molar refractivity (Wildman–Crippen MR) is 84.6 cm³/mol. The zero-order chi connectivity index (χ0) is 14.0. The first kappa shape index (κ1) is 14.2. The number of anilines is 2. The van der Waals surface area contributed by atoms with E-state index in [0.717, 1.165) is 21.4 Å². The van der Waals surface area contributed by atoms with Gasteiger partial charge in [-0.2, -0.15) is 0 Å². The highest BCUT2D eigenvalue weighted by molar-refractivity contribution is 9.10. The summed E-state index contributed by atoms with van der Waals surface area (Å²) in [5.41, 5.74) is 8.60. The van der Waals surface area contributed by atoms with Crippen LogP contribution in [0.1, 0.15) is 11.1 Å². The molecule has 0 radical (unpaired) electrons. The Hall–Kier alpha value is -1.26. The van der Waals surface area contributed by atoms with Crippen LogP contribution in [0.2, 0.25) is 5.02 Å². The molecule has 2 N–H and O–H groups in total. The van der Waals surface area contributed by atoms with Crippen LogP contribution in [0.4, 0.5) is 11.5 Å². The molecule has 19 heavy (non-hydrogen) atoms. The Labute approximate surface area is 126 Å². The second-order valence-electron chi connectivity index (χ2n) is 4.53. The van der Waals surface area contributed by atoms with Gasteiger partial charge in [0, 0.05) is 30.5 Å². The van der Waals surface area contributed by atoms with Crippen LogP contribution in [-0.4, -0.2) is 12.0 Å². The minimum Gasteiger partial charge on any atom is -0.399 e. The molecule has 0 atom stereocenters. The standard InChI is InChI=1S/C14H15BrClN3/c1-9-5-12(15)14(18-7-9)19(2)8-10-6-11(17)3-4-13(10)16/h3-7H,8,17H2,1-2H3. The lowest BCUT2D eigenvalue weighted by Gasteiger charge is -2.20. The van der Waals surface area contributed by atoms with Crippen molar-refractivity contribution in [1.82, 2.24) is 4.98 Å². The van der Waals surface area contributed by atoms with Crippen molar-refractivity contribution in [2.75, 3.05) is 17.7 Å². The molecule has 0 amide bonds. The van der Waals surface area contributed by atoms with E-state index >= 15 is 0 Å². The molecule has 3 nitrogen and oxygen atoms in total. The van der Waals surface area contributed by atoms with E-state index in [4.69, 9.17) is 17.3 Å². The van der Waals surface area contributed by atoms with Crippen LogP contribution in [0.15, 0.2) is 34.9 Å². The third kappa shape index (κ3) is 3.39. The van der Waals surface area contributed by atoms with Crippen molar-refractivity contribution >= 4 is 39.0 Å². The summed E-state index contributed by atoms with van der Waals surface area (Å²) in [5.74, 6) is 0.879. The van der Waals surface area contributed by atoms with Crippen molar-refractivity contribution in [3.8, 4) is 0 Å². The van der Waals surface area contributed by atoms with Crippen LogP contribution < -0.4 is 10.6 Å². The van der Waals surface area contributed by atoms with Crippen molar-refractivity contribution in [2.45, 2.75) is 13.5 Å². The van der Waals surface area contributed by atoms with Crippen molar-refractivity contribution in [1.29, 1.82) is 0 Å². The first-order chi connectivity index (χ1) is 8.97. The van der Waals surface area contributed by atoms with E-state index in [9.17, 15) is 0 Å². The van der Waals surface area contributed by atoms with E-state index in [-0.39, 0.29) is 0 Å². The zero-order valence-electron chi connectivity index (χ0n) is 10.8. The Bertz CT molecular complexity index is 601. The quantitative estimate of drug-likeness (QED) is 0.858. The van der Waals surface area contributed by atoms with Gasteiger partial charge in [-0.3, -0.25) is 0 Å². The molecule has 0 aliphatic carbocycles. The van der Waals surface area contributed by atoms with Gasteiger partial charge >= 0.3 is 0 Å². The second-order valence-corrected chi connectivity index (χ2v) is 5.79. The van der Waals surface area contributed by atoms with Crippen LogP contribution in [0.25, 0.3) is 0 Å². The number of benzene rings is 1. The van der Waals surface area contributed by atoms with Crippen LogP contribution in [-0.2, 0) is 6.54 Å². The summed E-state index contributed by atoms with van der Waals surface area (Å²) in [5, 5.41) is 0.712. The lowest BCUT2D eigenvalue weighted by molar-refractivity contribution is 0.893. The first-order valence-corrected chi connectivity index (χ1v) is 7.01. The average Bonchev–Trinajstić information content (AvgIpc) is 2.33. The van der Waals surface area contributed by atoms with E-state index in [1.54, 1.807) is 6.07 Å². The fourth-order valence-corrected chi connectivity index (χ4v) is 2.80. The molecule has 1 aromatic heterocycles. The van der Waals surface area contributed by atoms with E-state index in [1.807, 2.05) is 43.3 Å². The third-order valence-electron chi connectivity index (χ3n) is 2.80. The minimum absolute atomic E-state index is 0.651. The Morgan fingerprint density at radius 1 is 1.37 bits per heavy atom. The molecule has 0 saturated carbocycles. The summed E-state index contributed by atoms with van der Waals surface area (Å²) in [4.78, 5) is 6.46. The van der Waals surface area contributed by atoms with Gasteiger partial charge in [-0.1, -0.05) is 11.6 Å². The van der Waals surface area contributed by atoms with Gasteiger partial charge in [0.05, 0.1) is 4.47 Å². The number of aromatic nitrogens is 1. The fourth-order valence-electron chi connectivity index (χ4n) is 1.85. The van der Waals surface area contributed by atoms with Gasteiger partial charge in [-0.05, 0) is 58.2 Å². The lowest BCUT2D eigenvalue weighted by Crippen LogP contribution is -2.18. The zero-order valence-corrected chi connectivity index (χ0v) is 13.2. The van der Waals surface area contributed by atoms with Crippen molar-refractivity contribution in [3.63, 3.8) is 0 Å². The predicted octanol–water partition coefficient (Wildman–Crippen LogP) is 4.02. The molecule has 1 aromatic carbocycles. The van der Waals surface area contributed by atoms with Gasteiger partial charge in [-0.25, -0.2) is 4.98 Å². The highest BCUT2D eigenvalue weighted by Gasteiger charge is 2.10. The van der Waals surface area contributed by atoms with Gasteiger partial charge < -0.3 is 10.6 Å². The Morgan fingerprint density at radius 2 is 2.11 bits per heavy atom. The van der Waals surface area contributed by atoms with Gasteiger partial charge in [0.15, 0.2) is 0 Å². The van der Waals surface area contributed by atoms with Crippen molar-refractivity contribution in [2.24, 2.45) is 0 Å². The number of aryl methyl sites for hydroxylation is 1. The van der Waals surface area contributed by atoms with E-state index < -0.39 is 0 Å². The maximum absolute atomic E-state index is 6.18. The maximum atomic E-state index is 6.18. The molecule has 2 rings (SSSR count). The van der Waals surface area contributed by atoms with Gasteiger partial charge in [-0.15, -0.1) is 0 Å². The molecule has 0 spiro atoms. The molecule has 0 aliphatic heterocycles. The normalized spacial score (nSPS) is 10.5. The molecule has 100 valence electrons. The maximum Gasteiger partial charge on any atom is 0.142 e. The summed E-state index contributed by atoms with van der Waals surface area (Å²) in [7, 11) is 1.97. The van der Waals surface area contributed by atoms with Crippen LogP contribution in [0, 0.1) is 6.92 Å². The Balaban J connectivity index is 2.25. The van der Waals surface area contributed by atoms with Gasteiger partial charge in [0.2, 0.25) is 0 Å². The Kier molecular flexibility index (Phi) is 4.32. The van der Waals surface area contributed by atoms with E-state index in [2.05, 4.69) is 20.9 Å². The molecular formula is C14H15BrClN3. The summed E-state index contributed by atoms with van der Waals surface area (Å²) in [6.07, 6.45) is 1.84. The number of halogens is 2. The lowest BCUT2D eigenvalue weighted by atomic mass is 10.2. The van der Waals surface area contributed by atoms with Crippen LogP contribution >= 0.6 is 27.5 Å². The smallest absolute Gasteiger partial charge is 0.142 e. The fraction of sp³-hybridized carbons (Fsp3) is 0.214. The largest absolute Gasteiger partial charge is 0.399 e. The number of nitrogen functional groups attached to an aromatic ring is 1.